The van der Waals surface area contributed by atoms with E-state index >= 15 is 0 Å². The highest BCUT2D eigenvalue weighted by Gasteiger charge is 2.60. The third-order valence-electron chi connectivity index (χ3n) is 30.5. The quantitative estimate of drug-likeness (QED) is 0.0490. The van der Waals surface area contributed by atoms with E-state index in [0.717, 1.165) is 93.0 Å². The molecule has 0 bridgehead atoms. The molecule has 0 saturated heterocycles. The molecule has 142 heavy (non-hydrogen) atoms. The van der Waals surface area contributed by atoms with Crippen LogP contribution >= 0.6 is 31.9 Å². The predicted molar refractivity (Wildman–Crippen MR) is 624 cm³/mol. The van der Waals surface area contributed by atoms with Gasteiger partial charge in [-0.2, -0.15) is 0 Å². The second-order valence-corrected chi connectivity index (χ2v) is 65.6. The minimum absolute atomic E-state index is 0.0174. The Morgan fingerprint density at radius 3 is 0.979 bits per heavy atom. The topological polar surface area (TPSA) is 174 Å². The maximum absolute atomic E-state index is 12.1. The molecule has 8 aromatic rings. The second-order valence-electron chi connectivity index (χ2n) is 51.6. The van der Waals surface area contributed by atoms with E-state index in [2.05, 4.69) is 343 Å². The Bertz CT molecular complexity index is 5380. The van der Waals surface area contributed by atoms with Gasteiger partial charge in [0.1, 0.15) is 23.0 Å². The number of H-pyrrole nitrogens is 1. The van der Waals surface area contributed by atoms with Crippen LogP contribution in [0.15, 0.2) is 110 Å². The molecule has 0 saturated carbocycles. The molecule has 11 nitrogen and oxygen atoms in total. The van der Waals surface area contributed by atoms with Gasteiger partial charge < -0.3 is 52.7 Å². The summed E-state index contributed by atoms with van der Waals surface area (Å²) in [4.78, 5) is 24.8. The normalized spacial score (nSPS) is 16.1. The van der Waals surface area contributed by atoms with E-state index in [1.165, 1.54) is 197 Å². The number of aryl methyl sites for hydroxylation is 8. The fraction of sp³-hybridized carbons (Fsp3) is 0.603. The average molecular weight is 2130 g/mol. The van der Waals surface area contributed by atoms with Crippen LogP contribution in [-0.2, 0) is 64.6 Å². The van der Waals surface area contributed by atoms with Crippen LogP contribution in [0, 0.1) is 40.5 Å². The summed E-state index contributed by atoms with van der Waals surface area (Å²) in [5.74, 6) is 4.88. The van der Waals surface area contributed by atoms with Gasteiger partial charge in [0.05, 0.1) is 31.9 Å². The van der Waals surface area contributed by atoms with E-state index in [4.69, 9.17) is 17.7 Å². The molecule has 16 heteroatoms. The van der Waals surface area contributed by atoms with Crippen LogP contribution in [0.25, 0.3) is 44.5 Å². The number of aliphatic hydroxyl groups is 1. The summed E-state index contributed by atoms with van der Waals surface area (Å²) in [5, 5.41) is 44.4. The summed E-state index contributed by atoms with van der Waals surface area (Å²) in [6.07, 6.45) is 18.5. The molecule has 0 amide bonds. The van der Waals surface area contributed by atoms with E-state index in [-0.39, 0.29) is 32.2 Å². The van der Waals surface area contributed by atoms with Crippen LogP contribution in [0.5, 0.6) is 23.0 Å². The van der Waals surface area contributed by atoms with Crippen molar-refractivity contribution in [3.8, 4) is 67.5 Å². The van der Waals surface area contributed by atoms with Crippen LogP contribution < -0.4 is 4.43 Å². The molecule has 2 unspecified atom stereocenters. The molecular formula is C126H195Br2NO10Si3. The highest BCUT2D eigenvalue weighted by atomic mass is 79.9. The molecule has 13 rings (SSSR count). The number of para-hydroxylation sites is 1. The molecule has 7 aromatic carbocycles. The third-order valence-corrected chi connectivity index (χ3v) is 45.1. The lowest BCUT2D eigenvalue weighted by atomic mass is 9.77. The van der Waals surface area contributed by atoms with Gasteiger partial charge in [-0.15, -0.1) is 0 Å². The van der Waals surface area contributed by atoms with Crippen LogP contribution in [0.3, 0.4) is 0 Å². The summed E-state index contributed by atoms with van der Waals surface area (Å²) >= 11 is 7.55. The second kappa shape index (κ2) is 48.7. The highest BCUT2D eigenvalue weighted by molar-refractivity contribution is 9.11. The summed E-state index contributed by atoms with van der Waals surface area (Å²) in [6, 6.07) is 29.0. The van der Waals surface area contributed by atoms with Gasteiger partial charge in [-0.3, -0.25) is 0 Å². The van der Waals surface area contributed by atoms with E-state index in [9.17, 15) is 30.0 Å². The number of nitrogens with one attached hydrogen (secondary N) is 1. The van der Waals surface area contributed by atoms with Gasteiger partial charge in [-0.1, -0.05) is 233 Å². The Labute approximate surface area is 885 Å². The summed E-state index contributed by atoms with van der Waals surface area (Å²) in [6.45, 7) is 96.1. The zero-order valence-corrected chi connectivity index (χ0v) is 104. The monoisotopic (exact) mass is 2120 g/mol. The number of hydrogen-bond donors (Lipinski definition) is 7. The molecule has 1 aromatic heterocycles. The number of phenolic OH excluding ortho intramolecular Hbond substituents is 3. The van der Waals surface area contributed by atoms with Gasteiger partial charge in [0, 0.05) is 45.1 Å². The maximum Gasteiger partial charge on any atom is 0.678 e. The van der Waals surface area contributed by atoms with Crippen molar-refractivity contribution < 1.29 is 47.7 Å². The Hall–Kier alpha value is -6.13. The number of aromatic hydroxyl groups is 3. The minimum atomic E-state index is -3.66. The van der Waals surface area contributed by atoms with Crippen molar-refractivity contribution in [1.82, 2.24) is 4.98 Å². The number of allylic oxidation sites excluding steroid dienone is 2. The summed E-state index contributed by atoms with van der Waals surface area (Å²) in [7, 11) is -8.09. The van der Waals surface area contributed by atoms with Crippen molar-refractivity contribution in [3.05, 3.63) is 216 Å². The molecule has 790 valence electrons. The van der Waals surface area contributed by atoms with Crippen molar-refractivity contribution in [3.63, 3.8) is 0 Å². The van der Waals surface area contributed by atoms with Gasteiger partial charge in [0.2, 0.25) is 8.32 Å². The largest absolute Gasteiger partial charge is 0.678 e. The van der Waals surface area contributed by atoms with E-state index in [0.29, 0.717) is 52.8 Å². The Morgan fingerprint density at radius 2 is 0.669 bits per heavy atom. The van der Waals surface area contributed by atoms with E-state index in [1.54, 1.807) is 0 Å². The Morgan fingerprint density at radius 1 is 0.359 bits per heavy atom. The van der Waals surface area contributed by atoms with Crippen LogP contribution in [0.4, 0.5) is 0 Å². The zero-order chi connectivity index (χ0) is 108. The molecule has 5 aliphatic rings. The third kappa shape index (κ3) is 30.2. The van der Waals surface area contributed by atoms with Crippen molar-refractivity contribution in [1.29, 1.82) is 0 Å². The van der Waals surface area contributed by atoms with Gasteiger partial charge >= 0.3 is 9.05 Å². The maximum atomic E-state index is 12.1. The molecule has 2 atom stereocenters. The van der Waals surface area contributed by atoms with Crippen molar-refractivity contribution in [2.75, 3.05) is 0 Å². The van der Waals surface area contributed by atoms with Crippen LogP contribution in [0.2, 0.25) is 33.2 Å². The molecule has 0 aliphatic heterocycles. The van der Waals surface area contributed by atoms with E-state index in [1.807, 2.05) is 83.1 Å². The first-order chi connectivity index (χ1) is 65.0. The van der Waals surface area contributed by atoms with Gasteiger partial charge in [-0.05, 0) is 480 Å². The van der Waals surface area contributed by atoms with Crippen LogP contribution in [-0.4, -0.2) is 83.6 Å². The number of phenols is 3. The molecule has 5 aliphatic carbocycles. The minimum Gasteiger partial charge on any atom is -0.542 e. The lowest BCUT2D eigenvalue weighted by Crippen LogP contribution is -2.58. The predicted octanol–water partition coefficient (Wildman–Crippen LogP) is 37.4. The van der Waals surface area contributed by atoms with Gasteiger partial charge in [0.15, 0.2) is 0 Å². The summed E-state index contributed by atoms with van der Waals surface area (Å²) < 4.78 is 25.7. The first-order valence-electron chi connectivity index (χ1n) is 53.9. The van der Waals surface area contributed by atoms with Crippen molar-refractivity contribution >= 4 is 57.5 Å². The fourth-order valence-corrected chi connectivity index (χ4v) is 33.5. The van der Waals surface area contributed by atoms with Crippen molar-refractivity contribution in [2.45, 2.75) is 492 Å². The zero-order valence-electron chi connectivity index (χ0n) is 97.5. The van der Waals surface area contributed by atoms with E-state index < -0.39 is 42.5 Å². The number of rotatable bonds is 15. The number of aliphatic hydroxyl groups excluding tert-OH is 1. The number of hydrogen-bond acceptors (Lipinski definition) is 10. The number of benzene rings is 7. The Kier molecular flexibility index (Phi) is 42.1. The SMILES string of the molecule is CC(C)(C)O[Si](O)(OC(C)(C)C)OC(C)(C)C.CC(C)(C)[Si](C)(C)Oc1c(Br)cc2c(c1-c1c(O)c(Br)cc3c1CCCC3)CCCC2.CC(C)(C)[Si](O)(C(C)(C)C)C(C)(C)C.CC(C)c1cc(C(C)C)c(-c2cccc(-c3c(C(C)C)cc(C(C)C)cc3C(C)C)c2O)c(C(C)C)c1.CC1=C(C)C(C)C(O)C(C)=C1C.Cc1cc2c(c(-c3c(O)c(C)cc4c3CCCC4)c1C)CCCC2.Cc1ccc(C)[nH]1. The molecule has 0 radical (unpaired) electrons. The lowest BCUT2D eigenvalue weighted by molar-refractivity contribution is -0.119. The first-order valence-corrected chi connectivity index (χ1v) is 62.0. The highest BCUT2D eigenvalue weighted by Crippen LogP contribution is 2.61. The van der Waals surface area contributed by atoms with Gasteiger partial charge in [0.25, 0.3) is 8.32 Å². The molecule has 1 heterocycles. The van der Waals surface area contributed by atoms with Gasteiger partial charge in [-0.25, -0.2) is 0 Å². The van der Waals surface area contributed by atoms with Crippen molar-refractivity contribution in [2.24, 2.45) is 5.92 Å². The van der Waals surface area contributed by atoms with Crippen LogP contribution in [0.1, 0.15) is 456 Å². The number of aromatic nitrogens is 1. The number of halogens is 2. The molecule has 0 fully saturated rings. The standard InChI is InChI=1S/C36H50O.C26H34Br2O2Si.C23H28O.C12H28O4Si.C12H28OSi.C11H18O.C6H9N/c1-20(2)26-16-30(22(5)6)34(31(17-26)23(7)8)28-14-13-15-29(36(28)37)35-32(24(9)10)18-27(21(3)4)19-33(35)25(11)12;1-26(2,3)31(4,5)30-25-21(28)15-17-11-7-9-13-19(17)23(25)22-18-12-8-6-10-16(18)14-20(27)24(22)29;1-14-12-17-8-4-6-10-19(17)21(16(14)3)22-20-11-7-5-9-18(20)13-15(2)23(22)24;1-10(2,3)14-17(13,15-11(4,5)6)16-12(7,8)9;1-10(2,3)14(13,11(4,5)6)12(7,8)9;1-6-7(2)9(4)11(12)10(5)8(6)3;1-5-3-4-6(2)7-5/h13-25,37H,1-12H3;14-15,29H,6-13H2,1-5H3;12-13,24H,4-11H2,1-3H3;13H,1-9H3;13H,1-9H3;9,11-12H,1-5H3;3-4,7H,1-2H3. The Balaban J connectivity index is 0.000000237. The molecular weight excluding hydrogens is 1930 g/mol. The average Bonchev–Trinajstić information content (AvgIpc) is 0.829. The molecule has 7 N–H and O–H groups in total. The smallest absolute Gasteiger partial charge is 0.542 e. The summed E-state index contributed by atoms with van der Waals surface area (Å²) in [5.41, 5.74) is 38.2. The fourth-order valence-electron chi connectivity index (χ4n) is 22.1. The lowest BCUT2D eigenvalue weighted by Gasteiger charge is -2.54. The number of fused-ring (bicyclic) bond motifs is 4. The number of aromatic amines is 1. The molecule has 0 spiro atoms. The first kappa shape index (κ1) is 123.